The highest BCUT2D eigenvalue weighted by Crippen LogP contribution is 2.47. The Bertz CT molecular complexity index is 1110. The van der Waals surface area contributed by atoms with Gasteiger partial charge in [0.05, 0.1) is 24.2 Å². The van der Waals surface area contributed by atoms with Gasteiger partial charge in [0.25, 0.3) is 0 Å². The number of esters is 1. The lowest BCUT2D eigenvalue weighted by Crippen LogP contribution is -2.36. The van der Waals surface area contributed by atoms with Crippen molar-refractivity contribution in [1.82, 2.24) is 5.32 Å². The fraction of sp³-hybridized carbons (Fsp3) is 0.357. The highest BCUT2D eigenvalue weighted by atomic mass is 16.5. The van der Waals surface area contributed by atoms with Gasteiger partial charge in [-0.2, -0.15) is 0 Å². The van der Waals surface area contributed by atoms with Crippen molar-refractivity contribution in [2.75, 3.05) is 6.61 Å². The van der Waals surface area contributed by atoms with Crippen LogP contribution in [0.3, 0.4) is 0 Å². The molecule has 5 heteroatoms. The molecule has 0 fully saturated rings. The van der Waals surface area contributed by atoms with E-state index >= 15 is 0 Å². The molecule has 2 atom stereocenters. The van der Waals surface area contributed by atoms with Crippen LogP contribution in [0.5, 0.6) is 5.75 Å². The summed E-state index contributed by atoms with van der Waals surface area (Å²) < 4.78 is 11.5. The Balaban J connectivity index is 1.84. The minimum absolute atomic E-state index is 0.0399. The normalized spacial score (nSPS) is 20.5. The van der Waals surface area contributed by atoms with Crippen LogP contribution in [0, 0.1) is 0 Å². The van der Waals surface area contributed by atoms with Crippen LogP contribution >= 0.6 is 0 Å². The quantitative estimate of drug-likeness (QED) is 0.603. The van der Waals surface area contributed by atoms with Crippen LogP contribution in [0.2, 0.25) is 0 Å². The molecule has 2 aromatic rings. The summed E-state index contributed by atoms with van der Waals surface area (Å²) in [7, 11) is 0. The van der Waals surface area contributed by atoms with Crippen molar-refractivity contribution in [2.24, 2.45) is 0 Å². The number of ketones is 1. The standard InChI is InChI=1S/C28H31NO4/c1-5-32-28(31)25-18(4)29-22-15-20(19-11-7-6-8-12-19)16-23(30)27(22)26(25)21-13-9-10-14-24(21)33-17(2)3/h6-14,17,20,26,29H,5,15-16H2,1-4H3/t20-,26-/m0/s1. The molecule has 0 unspecified atom stereocenters. The lowest BCUT2D eigenvalue weighted by molar-refractivity contribution is -0.138. The average molecular weight is 446 g/mol. The maximum Gasteiger partial charge on any atom is 0.336 e. The summed E-state index contributed by atoms with van der Waals surface area (Å²) in [6.07, 6.45) is 1.08. The van der Waals surface area contributed by atoms with E-state index < -0.39 is 11.9 Å². The van der Waals surface area contributed by atoms with Gasteiger partial charge in [-0.15, -0.1) is 0 Å². The number of hydrogen-bond acceptors (Lipinski definition) is 5. The molecule has 1 aliphatic heterocycles. The van der Waals surface area contributed by atoms with E-state index in [2.05, 4.69) is 17.4 Å². The molecule has 0 amide bonds. The Kier molecular flexibility index (Phi) is 6.68. The summed E-state index contributed by atoms with van der Waals surface area (Å²) in [5.41, 5.74) is 4.69. The Morgan fingerprint density at radius 2 is 1.76 bits per heavy atom. The average Bonchev–Trinajstić information content (AvgIpc) is 2.78. The summed E-state index contributed by atoms with van der Waals surface area (Å²) in [4.78, 5) is 26.7. The van der Waals surface area contributed by atoms with Crippen molar-refractivity contribution >= 4 is 11.8 Å². The lowest BCUT2D eigenvalue weighted by Gasteiger charge is -2.37. The van der Waals surface area contributed by atoms with Gasteiger partial charge in [-0.3, -0.25) is 4.79 Å². The molecule has 5 nitrogen and oxygen atoms in total. The van der Waals surface area contributed by atoms with Crippen molar-refractivity contribution in [3.05, 3.63) is 88.3 Å². The summed E-state index contributed by atoms with van der Waals surface area (Å²) >= 11 is 0. The Morgan fingerprint density at radius 1 is 1.06 bits per heavy atom. The second-order valence-corrected chi connectivity index (χ2v) is 8.85. The van der Waals surface area contributed by atoms with Gasteiger partial charge in [0.15, 0.2) is 5.78 Å². The van der Waals surface area contributed by atoms with Crippen LogP contribution in [0.25, 0.3) is 0 Å². The number of nitrogens with one attached hydrogen (secondary N) is 1. The van der Waals surface area contributed by atoms with E-state index in [9.17, 15) is 9.59 Å². The first-order chi connectivity index (χ1) is 15.9. The number of carbonyl (C=O) groups excluding carboxylic acids is 2. The molecule has 0 saturated carbocycles. The molecule has 0 radical (unpaired) electrons. The first-order valence-electron chi connectivity index (χ1n) is 11.6. The van der Waals surface area contributed by atoms with E-state index in [0.29, 0.717) is 29.7 Å². The van der Waals surface area contributed by atoms with Crippen molar-refractivity contribution in [3.8, 4) is 5.75 Å². The molecule has 0 saturated heterocycles. The molecular formula is C28H31NO4. The first-order valence-corrected chi connectivity index (χ1v) is 11.6. The second-order valence-electron chi connectivity index (χ2n) is 8.85. The number of rotatable bonds is 6. The Morgan fingerprint density at radius 3 is 2.45 bits per heavy atom. The predicted molar refractivity (Wildman–Crippen MR) is 128 cm³/mol. The maximum absolute atomic E-state index is 13.6. The largest absolute Gasteiger partial charge is 0.491 e. The van der Waals surface area contributed by atoms with Gasteiger partial charge in [-0.1, -0.05) is 48.5 Å². The molecule has 4 rings (SSSR count). The van der Waals surface area contributed by atoms with E-state index in [1.807, 2.05) is 63.2 Å². The summed E-state index contributed by atoms with van der Waals surface area (Å²) in [6.45, 7) is 7.87. The van der Waals surface area contributed by atoms with E-state index in [1.54, 1.807) is 6.92 Å². The van der Waals surface area contributed by atoms with E-state index in [4.69, 9.17) is 9.47 Å². The van der Waals surface area contributed by atoms with Crippen LogP contribution in [0.4, 0.5) is 0 Å². The molecular weight excluding hydrogens is 414 g/mol. The third-order valence-corrected chi connectivity index (χ3v) is 6.19. The molecule has 1 N–H and O–H groups in total. The van der Waals surface area contributed by atoms with Crippen LogP contribution in [0.1, 0.15) is 63.5 Å². The lowest BCUT2D eigenvalue weighted by atomic mass is 9.71. The minimum Gasteiger partial charge on any atom is -0.491 e. The number of benzene rings is 2. The van der Waals surface area contributed by atoms with Gasteiger partial charge in [-0.25, -0.2) is 4.79 Å². The number of allylic oxidation sites excluding steroid dienone is 3. The third-order valence-electron chi connectivity index (χ3n) is 6.19. The van der Waals surface area contributed by atoms with Gasteiger partial charge in [-0.05, 0) is 51.7 Å². The molecule has 1 heterocycles. The van der Waals surface area contributed by atoms with Crippen LogP contribution in [-0.4, -0.2) is 24.5 Å². The van der Waals surface area contributed by atoms with Gasteiger partial charge in [0.2, 0.25) is 0 Å². The maximum atomic E-state index is 13.6. The third kappa shape index (κ3) is 4.58. The highest BCUT2D eigenvalue weighted by Gasteiger charge is 2.42. The summed E-state index contributed by atoms with van der Waals surface area (Å²) in [5, 5.41) is 3.39. The number of carbonyl (C=O) groups is 2. The van der Waals surface area contributed by atoms with Crippen LogP contribution < -0.4 is 10.1 Å². The Hall–Kier alpha value is -3.34. The van der Waals surface area contributed by atoms with Crippen molar-refractivity contribution in [2.45, 2.75) is 58.5 Å². The fourth-order valence-electron chi connectivity index (χ4n) is 4.87. The van der Waals surface area contributed by atoms with Crippen molar-refractivity contribution < 1.29 is 19.1 Å². The molecule has 172 valence electrons. The van der Waals surface area contributed by atoms with Gasteiger partial charge < -0.3 is 14.8 Å². The second kappa shape index (κ2) is 9.65. The van der Waals surface area contributed by atoms with Gasteiger partial charge in [0.1, 0.15) is 5.75 Å². The van der Waals surface area contributed by atoms with Gasteiger partial charge in [0, 0.05) is 29.0 Å². The zero-order chi connectivity index (χ0) is 23.5. The zero-order valence-electron chi connectivity index (χ0n) is 19.7. The topological polar surface area (TPSA) is 64.6 Å². The van der Waals surface area contributed by atoms with Crippen LogP contribution in [0.15, 0.2) is 77.1 Å². The van der Waals surface area contributed by atoms with Crippen LogP contribution in [-0.2, 0) is 14.3 Å². The van der Waals surface area contributed by atoms with Crippen molar-refractivity contribution in [1.29, 1.82) is 0 Å². The number of ether oxygens (including phenoxy) is 2. The Labute approximate surface area is 195 Å². The number of dihydropyridines is 1. The molecule has 2 aliphatic rings. The van der Waals surface area contributed by atoms with E-state index in [0.717, 1.165) is 22.5 Å². The van der Waals surface area contributed by atoms with Crippen molar-refractivity contribution in [3.63, 3.8) is 0 Å². The molecule has 0 spiro atoms. The number of para-hydroxylation sites is 1. The van der Waals surface area contributed by atoms with Gasteiger partial charge >= 0.3 is 5.97 Å². The molecule has 1 aliphatic carbocycles. The SMILES string of the molecule is CCOC(=O)C1=C(C)NC2=C(C(=O)C[C@@H](c3ccccc3)C2)[C@H]1c1ccccc1OC(C)C. The molecule has 0 aromatic heterocycles. The fourth-order valence-corrected chi connectivity index (χ4v) is 4.87. The first kappa shape index (κ1) is 22.8. The smallest absolute Gasteiger partial charge is 0.336 e. The zero-order valence-corrected chi connectivity index (χ0v) is 19.7. The number of Topliss-reactive ketones (excluding diaryl/α,β-unsaturated/α-hetero) is 1. The van der Waals surface area contributed by atoms with E-state index in [-0.39, 0.29) is 24.4 Å². The summed E-state index contributed by atoms with van der Waals surface area (Å²) in [5.74, 6) is -0.101. The highest BCUT2D eigenvalue weighted by molar-refractivity contribution is 6.04. The molecule has 0 bridgehead atoms. The predicted octanol–water partition coefficient (Wildman–Crippen LogP) is 5.40. The van der Waals surface area contributed by atoms with E-state index in [1.165, 1.54) is 0 Å². The monoisotopic (exact) mass is 445 g/mol. The molecule has 33 heavy (non-hydrogen) atoms. The molecule has 2 aromatic carbocycles. The summed E-state index contributed by atoms with van der Waals surface area (Å²) in [6, 6.07) is 17.8. The number of hydrogen-bond donors (Lipinski definition) is 1. The minimum atomic E-state index is -0.528.